The number of fused-ring (bicyclic) bond motifs is 1. The summed E-state index contributed by atoms with van der Waals surface area (Å²) in [6.07, 6.45) is 3.27. The first-order valence-corrected chi connectivity index (χ1v) is 8.12. The minimum Gasteiger partial charge on any atom is -0.388 e. The van der Waals surface area contributed by atoms with Crippen LogP contribution in [0, 0.1) is 11.8 Å². The van der Waals surface area contributed by atoms with Gasteiger partial charge < -0.3 is 5.11 Å². The van der Waals surface area contributed by atoms with Crippen molar-refractivity contribution >= 4 is 17.0 Å². The van der Waals surface area contributed by atoms with Gasteiger partial charge in [-0.15, -0.1) is 11.3 Å². The maximum absolute atomic E-state index is 9.67. The molecule has 0 saturated heterocycles. The van der Waals surface area contributed by atoms with Crippen molar-refractivity contribution in [3.63, 3.8) is 0 Å². The number of imidazole rings is 1. The summed E-state index contributed by atoms with van der Waals surface area (Å²) in [5, 5.41) is 14.2. The Morgan fingerprint density at radius 3 is 2.91 bits per heavy atom. The Labute approximate surface area is 133 Å². The van der Waals surface area contributed by atoms with Gasteiger partial charge in [-0.1, -0.05) is 12.8 Å². The normalized spacial score (nSPS) is 12.1. The third-order valence-corrected chi connectivity index (χ3v) is 4.52. The number of aliphatic hydroxyl groups excluding tert-OH is 1. The van der Waals surface area contributed by atoms with E-state index in [1.54, 1.807) is 18.3 Å². The average molecular weight is 311 g/mol. The minimum absolute atomic E-state index is 0.457. The summed E-state index contributed by atoms with van der Waals surface area (Å²) in [6, 6.07) is 7.75. The van der Waals surface area contributed by atoms with E-state index < -0.39 is 6.10 Å². The first kappa shape index (κ1) is 14.8. The van der Waals surface area contributed by atoms with Gasteiger partial charge in [0.2, 0.25) is 0 Å². The highest BCUT2D eigenvalue weighted by Gasteiger charge is 2.12. The van der Waals surface area contributed by atoms with Crippen LogP contribution in [0.25, 0.3) is 16.2 Å². The fourth-order valence-electron chi connectivity index (χ4n) is 2.10. The molecule has 112 valence electrons. The summed E-state index contributed by atoms with van der Waals surface area (Å²) in [7, 11) is 0. The molecule has 22 heavy (non-hydrogen) atoms. The van der Waals surface area contributed by atoms with Gasteiger partial charge in [-0.05, 0) is 43.5 Å². The summed E-state index contributed by atoms with van der Waals surface area (Å²) >= 11 is 1.55. The van der Waals surface area contributed by atoms with Crippen molar-refractivity contribution in [2.75, 3.05) is 0 Å². The molecule has 0 spiro atoms. The number of aromatic nitrogens is 3. The van der Waals surface area contributed by atoms with Crippen LogP contribution >= 0.6 is 11.3 Å². The molecule has 0 aliphatic carbocycles. The van der Waals surface area contributed by atoms with Crippen molar-refractivity contribution < 1.29 is 5.11 Å². The van der Waals surface area contributed by atoms with Crippen LogP contribution in [0.2, 0.25) is 0 Å². The van der Waals surface area contributed by atoms with Crippen LogP contribution in [0.3, 0.4) is 0 Å². The van der Waals surface area contributed by atoms with Crippen molar-refractivity contribution in [1.29, 1.82) is 0 Å². The van der Waals surface area contributed by atoms with Crippen LogP contribution in [0.4, 0.5) is 0 Å². The number of unbranched alkanes of at least 4 members (excludes halogenated alkanes) is 1. The maximum Gasteiger partial charge on any atom is 0.154 e. The quantitative estimate of drug-likeness (QED) is 0.751. The number of hydrogen-bond acceptors (Lipinski definition) is 4. The lowest BCUT2D eigenvalue weighted by atomic mass is 10.3. The van der Waals surface area contributed by atoms with Crippen molar-refractivity contribution in [1.82, 2.24) is 14.6 Å². The van der Waals surface area contributed by atoms with Gasteiger partial charge in [0, 0.05) is 11.3 Å². The van der Waals surface area contributed by atoms with E-state index in [1.165, 1.54) is 0 Å². The Hall–Kier alpha value is -2.16. The molecule has 0 amide bonds. The first-order chi connectivity index (χ1) is 10.7. The smallest absolute Gasteiger partial charge is 0.154 e. The van der Waals surface area contributed by atoms with E-state index in [2.05, 4.69) is 28.8 Å². The maximum atomic E-state index is 9.67. The molecule has 0 aliphatic heterocycles. The Bertz CT molecular complexity index is 852. The molecule has 0 radical (unpaired) electrons. The highest BCUT2D eigenvalue weighted by Crippen LogP contribution is 2.31. The number of rotatable bonds is 3. The van der Waals surface area contributed by atoms with Crippen LogP contribution < -0.4 is 0 Å². The zero-order chi connectivity index (χ0) is 15.5. The monoisotopic (exact) mass is 311 g/mol. The Morgan fingerprint density at radius 1 is 1.32 bits per heavy atom. The third-order valence-electron chi connectivity index (χ3n) is 3.24. The van der Waals surface area contributed by atoms with E-state index in [9.17, 15) is 5.11 Å². The molecule has 3 heterocycles. The molecule has 0 fully saturated rings. The topological polar surface area (TPSA) is 50.4 Å². The fourth-order valence-corrected chi connectivity index (χ4v) is 3.04. The number of hydrogen-bond donors (Lipinski definition) is 1. The van der Waals surface area contributed by atoms with Crippen molar-refractivity contribution in [2.45, 2.75) is 32.8 Å². The number of nitrogens with zero attached hydrogens (tertiary/aromatic N) is 3. The van der Waals surface area contributed by atoms with E-state index in [0.29, 0.717) is 0 Å². The molecule has 0 saturated carbocycles. The largest absolute Gasteiger partial charge is 0.388 e. The second-order valence-corrected chi connectivity index (χ2v) is 6.18. The zero-order valence-corrected chi connectivity index (χ0v) is 13.4. The van der Waals surface area contributed by atoms with Gasteiger partial charge in [0.25, 0.3) is 0 Å². The Kier molecular flexibility index (Phi) is 4.23. The summed E-state index contributed by atoms with van der Waals surface area (Å²) < 4.78 is 1.81. The second kappa shape index (κ2) is 6.30. The average Bonchev–Trinajstić information content (AvgIpc) is 3.13. The van der Waals surface area contributed by atoms with Crippen molar-refractivity contribution in [3.05, 3.63) is 41.0 Å². The molecular formula is C17H17N3OS. The highest BCUT2D eigenvalue weighted by atomic mass is 32.1. The van der Waals surface area contributed by atoms with Gasteiger partial charge in [0.15, 0.2) is 5.65 Å². The lowest BCUT2D eigenvalue weighted by Crippen LogP contribution is -1.96. The molecule has 3 aromatic heterocycles. The van der Waals surface area contributed by atoms with Crippen LogP contribution in [0.15, 0.2) is 30.5 Å². The SMILES string of the molecule is CCCC#Cc1ccc2ncc(-c3ccc(C(C)O)s3)n2n1. The Balaban J connectivity index is 2.02. The fraction of sp³-hybridized carbons (Fsp3) is 0.294. The number of aliphatic hydroxyl groups is 1. The number of thiophene rings is 1. The second-order valence-electron chi connectivity index (χ2n) is 5.06. The molecular weight excluding hydrogens is 294 g/mol. The van der Waals surface area contributed by atoms with Crippen molar-refractivity contribution in [3.8, 4) is 22.4 Å². The molecule has 0 aliphatic rings. The van der Waals surface area contributed by atoms with Crippen LogP contribution in [-0.2, 0) is 0 Å². The molecule has 5 heteroatoms. The predicted molar refractivity (Wildman–Crippen MR) is 88.7 cm³/mol. The third kappa shape index (κ3) is 2.89. The predicted octanol–water partition coefficient (Wildman–Crippen LogP) is 3.66. The summed E-state index contributed by atoms with van der Waals surface area (Å²) in [6.45, 7) is 3.87. The van der Waals surface area contributed by atoms with E-state index in [-0.39, 0.29) is 0 Å². The lowest BCUT2D eigenvalue weighted by molar-refractivity contribution is 0.203. The molecule has 1 unspecified atom stereocenters. The summed E-state index contributed by atoms with van der Waals surface area (Å²) in [4.78, 5) is 6.35. The summed E-state index contributed by atoms with van der Waals surface area (Å²) in [5.41, 5.74) is 2.46. The van der Waals surface area contributed by atoms with Gasteiger partial charge in [-0.2, -0.15) is 5.10 Å². The minimum atomic E-state index is -0.457. The van der Waals surface area contributed by atoms with Gasteiger partial charge in [-0.25, -0.2) is 9.50 Å². The molecule has 1 N–H and O–H groups in total. The van der Waals surface area contributed by atoms with E-state index >= 15 is 0 Å². The van der Waals surface area contributed by atoms with Gasteiger partial charge in [-0.3, -0.25) is 0 Å². The van der Waals surface area contributed by atoms with Gasteiger partial charge in [0.05, 0.1) is 17.2 Å². The first-order valence-electron chi connectivity index (χ1n) is 7.31. The molecule has 0 bridgehead atoms. The van der Waals surface area contributed by atoms with E-state index in [1.807, 2.05) is 35.0 Å². The van der Waals surface area contributed by atoms with E-state index in [0.717, 1.165) is 39.6 Å². The molecule has 3 aromatic rings. The van der Waals surface area contributed by atoms with Crippen molar-refractivity contribution in [2.24, 2.45) is 0 Å². The Morgan fingerprint density at radius 2 is 2.18 bits per heavy atom. The zero-order valence-electron chi connectivity index (χ0n) is 12.6. The van der Waals surface area contributed by atoms with E-state index in [4.69, 9.17) is 0 Å². The van der Waals surface area contributed by atoms with Crippen LogP contribution in [-0.4, -0.2) is 19.7 Å². The summed E-state index contributed by atoms with van der Waals surface area (Å²) in [5.74, 6) is 6.19. The molecule has 3 rings (SSSR count). The molecule has 1 atom stereocenters. The lowest BCUT2D eigenvalue weighted by Gasteiger charge is -2.00. The molecule has 4 nitrogen and oxygen atoms in total. The van der Waals surface area contributed by atoms with Crippen LogP contribution in [0.1, 0.15) is 43.4 Å². The van der Waals surface area contributed by atoms with Crippen LogP contribution in [0.5, 0.6) is 0 Å². The molecule has 0 aromatic carbocycles. The van der Waals surface area contributed by atoms with Gasteiger partial charge >= 0.3 is 0 Å². The highest BCUT2D eigenvalue weighted by molar-refractivity contribution is 7.15. The standard InChI is InChI=1S/C17H17N3OS/c1-3-4-5-6-13-7-10-17-18-11-14(20(17)19-13)16-9-8-15(22-16)12(2)21/h7-12,21H,3-4H2,1-2H3. The van der Waals surface area contributed by atoms with Gasteiger partial charge in [0.1, 0.15) is 11.4 Å².